The molecule has 0 bridgehead atoms. The van der Waals surface area contributed by atoms with E-state index in [0.717, 1.165) is 42.1 Å². The number of hydrogen-bond donors (Lipinski definition) is 1. The van der Waals surface area contributed by atoms with Crippen LogP contribution in [0.2, 0.25) is 0 Å². The van der Waals surface area contributed by atoms with E-state index in [1.807, 2.05) is 36.1 Å². The van der Waals surface area contributed by atoms with Gasteiger partial charge in [-0.15, -0.1) is 0 Å². The van der Waals surface area contributed by atoms with Crippen LogP contribution >= 0.6 is 0 Å². The molecule has 6 heteroatoms. The molecule has 1 fully saturated rings. The lowest BCUT2D eigenvalue weighted by atomic mass is 9.93. The molecule has 144 valence electrons. The number of rotatable bonds is 4. The van der Waals surface area contributed by atoms with Gasteiger partial charge < -0.3 is 9.88 Å². The van der Waals surface area contributed by atoms with Crippen LogP contribution in [-0.2, 0) is 6.54 Å². The van der Waals surface area contributed by atoms with Crippen molar-refractivity contribution in [2.24, 2.45) is 0 Å². The molecule has 0 atom stereocenters. The zero-order valence-electron chi connectivity index (χ0n) is 16.0. The van der Waals surface area contributed by atoms with E-state index >= 15 is 0 Å². The predicted molar refractivity (Wildman–Crippen MR) is 108 cm³/mol. The summed E-state index contributed by atoms with van der Waals surface area (Å²) in [6.07, 6.45) is 9.87. The van der Waals surface area contributed by atoms with E-state index in [9.17, 15) is 9.59 Å². The first-order valence-corrected chi connectivity index (χ1v) is 9.81. The number of aryl methyl sites for hydroxylation is 1. The maximum absolute atomic E-state index is 13.2. The van der Waals surface area contributed by atoms with Crippen LogP contribution in [0.3, 0.4) is 0 Å². The van der Waals surface area contributed by atoms with Gasteiger partial charge in [-0.1, -0.05) is 30.9 Å². The molecule has 0 spiro atoms. The van der Waals surface area contributed by atoms with Crippen LogP contribution < -0.4 is 5.56 Å². The Hall–Kier alpha value is -3.02. The first-order chi connectivity index (χ1) is 13.6. The number of aromatic nitrogens is 3. The third-order valence-electron chi connectivity index (χ3n) is 5.48. The molecule has 1 saturated carbocycles. The average molecular weight is 376 g/mol. The standard InChI is InChI=1S/C22H24N4O2/c1-15-7-8-19-16(11-15)12-17(21(27)25-19)14-26(18-5-3-2-4-6-18)22(28)20-13-23-9-10-24-20/h7-13,18H,2-6,14H2,1H3,(H,25,27). The van der Waals surface area contributed by atoms with Gasteiger partial charge in [0, 0.05) is 29.5 Å². The molecule has 0 aliphatic heterocycles. The first-order valence-electron chi connectivity index (χ1n) is 9.81. The summed E-state index contributed by atoms with van der Waals surface area (Å²) < 4.78 is 0. The second kappa shape index (κ2) is 7.92. The number of benzene rings is 1. The Labute approximate surface area is 163 Å². The summed E-state index contributed by atoms with van der Waals surface area (Å²) in [5, 5.41) is 0.977. The number of aromatic amines is 1. The van der Waals surface area contributed by atoms with Crippen LogP contribution in [0.4, 0.5) is 0 Å². The van der Waals surface area contributed by atoms with Crippen LogP contribution in [0.25, 0.3) is 10.9 Å². The number of nitrogens with zero attached hydrogens (tertiary/aromatic N) is 3. The minimum Gasteiger partial charge on any atom is -0.330 e. The molecule has 1 N–H and O–H groups in total. The molecule has 0 saturated heterocycles. The third-order valence-corrected chi connectivity index (χ3v) is 5.48. The Morgan fingerprint density at radius 2 is 2.00 bits per heavy atom. The lowest BCUT2D eigenvalue weighted by molar-refractivity contribution is 0.0607. The molecule has 2 aromatic heterocycles. The molecule has 4 rings (SSSR count). The van der Waals surface area contributed by atoms with Gasteiger partial charge in [0.05, 0.1) is 12.7 Å². The van der Waals surface area contributed by atoms with Gasteiger partial charge in [-0.05, 0) is 43.4 Å². The van der Waals surface area contributed by atoms with Crippen molar-refractivity contribution in [1.29, 1.82) is 0 Å². The number of H-pyrrole nitrogens is 1. The zero-order valence-corrected chi connectivity index (χ0v) is 16.0. The largest absolute Gasteiger partial charge is 0.330 e. The molecule has 1 aliphatic carbocycles. The van der Waals surface area contributed by atoms with E-state index < -0.39 is 0 Å². The van der Waals surface area contributed by atoms with Crippen molar-refractivity contribution >= 4 is 16.8 Å². The second-order valence-corrected chi connectivity index (χ2v) is 7.53. The smallest absolute Gasteiger partial charge is 0.274 e. The molecule has 1 aromatic carbocycles. The van der Waals surface area contributed by atoms with Crippen LogP contribution in [0.15, 0.2) is 47.7 Å². The molecule has 28 heavy (non-hydrogen) atoms. The Kier molecular flexibility index (Phi) is 5.19. The van der Waals surface area contributed by atoms with Crippen molar-refractivity contribution in [2.75, 3.05) is 0 Å². The summed E-state index contributed by atoms with van der Waals surface area (Å²) in [4.78, 5) is 38.8. The van der Waals surface area contributed by atoms with Crippen molar-refractivity contribution in [2.45, 2.75) is 51.6 Å². The summed E-state index contributed by atoms with van der Waals surface area (Å²) in [5.41, 5.74) is 2.71. The summed E-state index contributed by atoms with van der Waals surface area (Å²) >= 11 is 0. The second-order valence-electron chi connectivity index (χ2n) is 7.53. The Bertz CT molecular complexity index is 1040. The van der Waals surface area contributed by atoms with Gasteiger partial charge in [0.15, 0.2) is 0 Å². The average Bonchev–Trinajstić information content (AvgIpc) is 2.73. The number of hydrogen-bond acceptors (Lipinski definition) is 4. The molecular formula is C22H24N4O2. The predicted octanol–water partition coefficient (Wildman–Crippen LogP) is 3.60. The Morgan fingerprint density at radius 3 is 2.75 bits per heavy atom. The SMILES string of the molecule is Cc1ccc2[nH]c(=O)c(CN(C(=O)c3cnccn3)C3CCCCC3)cc2c1. The summed E-state index contributed by atoms with van der Waals surface area (Å²) in [7, 11) is 0. The van der Waals surface area contributed by atoms with Gasteiger partial charge in [0.25, 0.3) is 11.5 Å². The number of amides is 1. The highest BCUT2D eigenvalue weighted by atomic mass is 16.2. The van der Waals surface area contributed by atoms with Crippen LogP contribution in [0.5, 0.6) is 0 Å². The summed E-state index contributed by atoms with van der Waals surface area (Å²) in [5.74, 6) is -0.163. The number of pyridine rings is 1. The van der Waals surface area contributed by atoms with Gasteiger partial charge in [-0.25, -0.2) is 4.98 Å². The maximum Gasteiger partial charge on any atom is 0.274 e. The van der Waals surface area contributed by atoms with E-state index in [-0.39, 0.29) is 24.1 Å². The van der Waals surface area contributed by atoms with Crippen molar-refractivity contribution in [3.05, 3.63) is 70.0 Å². The van der Waals surface area contributed by atoms with E-state index in [2.05, 4.69) is 15.0 Å². The Balaban J connectivity index is 1.71. The topological polar surface area (TPSA) is 79.0 Å². The number of carbonyl (C=O) groups is 1. The first kappa shape index (κ1) is 18.3. The number of nitrogens with one attached hydrogen (secondary N) is 1. The van der Waals surface area contributed by atoms with E-state index in [1.165, 1.54) is 18.8 Å². The van der Waals surface area contributed by atoms with Crippen molar-refractivity contribution in [3.63, 3.8) is 0 Å². The van der Waals surface area contributed by atoms with E-state index in [0.29, 0.717) is 11.3 Å². The van der Waals surface area contributed by atoms with Gasteiger partial charge in [0.1, 0.15) is 5.69 Å². The van der Waals surface area contributed by atoms with Gasteiger partial charge in [-0.2, -0.15) is 0 Å². The number of fused-ring (bicyclic) bond motifs is 1. The zero-order chi connectivity index (χ0) is 19.5. The fourth-order valence-electron chi connectivity index (χ4n) is 3.99. The lowest BCUT2D eigenvalue weighted by Gasteiger charge is -2.34. The minimum absolute atomic E-state index is 0.121. The fraction of sp³-hybridized carbons (Fsp3) is 0.364. The molecule has 6 nitrogen and oxygen atoms in total. The Morgan fingerprint density at radius 1 is 1.18 bits per heavy atom. The van der Waals surface area contributed by atoms with Crippen molar-refractivity contribution < 1.29 is 4.79 Å². The van der Waals surface area contributed by atoms with Crippen LogP contribution in [0, 0.1) is 6.92 Å². The molecule has 1 aliphatic rings. The normalized spacial score (nSPS) is 14.9. The van der Waals surface area contributed by atoms with Gasteiger partial charge >= 0.3 is 0 Å². The third kappa shape index (κ3) is 3.81. The molecule has 3 aromatic rings. The molecule has 2 heterocycles. The van der Waals surface area contributed by atoms with Crippen LogP contribution in [0.1, 0.15) is 53.7 Å². The molecule has 0 radical (unpaired) electrons. The van der Waals surface area contributed by atoms with Gasteiger partial charge in [0.2, 0.25) is 0 Å². The highest BCUT2D eigenvalue weighted by Crippen LogP contribution is 2.25. The fourth-order valence-corrected chi connectivity index (χ4v) is 3.99. The van der Waals surface area contributed by atoms with Crippen molar-refractivity contribution in [3.8, 4) is 0 Å². The highest BCUT2D eigenvalue weighted by molar-refractivity contribution is 5.92. The quantitative estimate of drug-likeness (QED) is 0.754. The summed E-state index contributed by atoms with van der Waals surface area (Å²) in [6, 6.07) is 7.96. The molecular weight excluding hydrogens is 352 g/mol. The van der Waals surface area contributed by atoms with Crippen LogP contribution in [-0.4, -0.2) is 31.8 Å². The molecule has 1 amide bonds. The van der Waals surface area contributed by atoms with E-state index in [4.69, 9.17) is 0 Å². The maximum atomic E-state index is 13.2. The van der Waals surface area contributed by atoms with Crippen molar-refractivity contribution in [1.82, 2.24) is 19.9 Å². The monoisotopic (exact) mass is 376 g/mol. The van der Waals surface area contributed by atoms with Gasteiger partial charge in [-0.3, -0.25) is 14.6 Å². The highest BCUT2D eigenvalue weighted by Gasteiger charge is 2.28. The number of carbonyl (C=O) groups excluding carboxylic acids is 1. The lowest BCUT2D eigenvalue weighted by Crippen LogP contribution is -2.42. The molecule has 0 unspecified atom stereocenters. The minimum atomic E-state index is -0.163. The summed E-state index contributed by atoms with van der Waals surface area (Å²) in [6.45, 7) is 2.30. The van der Waals surface area contributed by atoms with E-state index in [1.54, 1.807) is 6.20 Å².